The van der Waals surface area contributed by atoms with E-state index in [2.05, 4.69) is 29.5 Å². The Hall–Kier alpha value is -3.48. The second-order valence-electron chi connectivity index (χ2n) is 7.70. The van der Waals surface area contributed by atoms with Crippen molar-refractivity contribution in [1.82, 2.24) is 20.0 Å². The van der Waals surface area contributed by atoms with Gasteiger partial charge in [0.15, 0.2) is 5.69 Å². The highest BCUT2D eigenvalue weighted by molar-refractivity contribution is 5.98. The van der Waals surface area contributed by atoms with Crippen molar-refractivity contribution in [2.24, 2.45) is 0 Å². The number of nitrogens with one attached hydrogen (secondary N) is 1. The lowest BCUT2D eigenvalue weighted by Gasteiger charge is -2.20. The summed E-state index contributed by atoms with van der Waals surface area (Å²) in [5.41, 5.74) is 3.74. The lowest BCUT2D eigenvalue weighted by atomic mass is 10.1. The highest BCUT2D eigenvalue weighted by atomic mass is 19.1. The Morgan fingerprint density at radius 2 is 1.71 bits per heavy atom. The van der Waals surface area contributed by atoms with Crippen molar-refractivity contribution in [2.45, 2.75) is 39.4 Å². The van der Waals surface area contributed by atoms with Crippen LogP contribution in [0.15, 0.2) is 54.6 Å². The quantitative estimate of drug-likeness (QED) is 0.663. The maximum Gasteiger partial charge on any atom is 0.272 e. The van der Waals surface area contributed by atoms with E-state index in [1.54, 1.807) is 27.8 Å². The minimum Gasteiger partial charge on any atom is -0.347 e. The zero-order chi connectivity index (χ0) is 21.8. The van der Waals surface area contributed by atoms with Crippen LogP contribution in [-0.2, 0) is 26.1 Å². The second kappa shape index (κ2) is 9.12. The largest absolute Gasteiger partial charge is 0.347 e. The highest BCUT2D eigenvalue weighted by Gasteiger charge is 2.26. The van der Waals surface area contributed by atoms with E-state index in [0.717, 1.165) is 24.0 Å². The van der Waals surface area contributed by atoms with Gasteiger partial charge in [-0.15, -0.1) is 0 Å². The third-order valence-electron chi connectivity index (χ3n) is 5.49. The van der Waals surface area contributed by atoms with Gasteiger partial charge in [0.05, 0.1) is 0 Å². The van der Waals surface area contributed by atoms with Gasteiger partial charge in [-0.25, -0.2) is 4.39 Å². The molecule has 0 fully saturated rings. The Balaban J connectivity index is 1.44. The fourth-order valence-electron chi connectivity index (χ4n) is 3.67. The summed E-state index contributed by atoms with van der Waals surface area (Å²) in [5, 5.41) is 7.23. The molecule has 31 heavy (non-hydrogen) atoms. The van der Waals surface area contributed by atoms with Gasteiger partial charge < -0.3 is 10.2 Å². The van der Waals surface area contributed by atoms with Crippen LogP contribution in [0.25, 0.3) is 0 Å². The molecule has 7 heteroatoms. The first-order valence-corrected chi connectivity index (χ1v) is 10.5. The molecule has 6 nitrogen and oxygen atoms in total. The van der Waals surface area contributed by atoms with Crippen LogP contribution >= 0.6 is 0 Å². The molecule has 1 aliphatic heterocycles. The Morgan fingerprint density at radius 3 is 2.42 bits per heavy atom. The van der Waals surface area contributed by atoms with Crippen LogP contribution in [0.2, 0.25) is 0 Å². The molecule has 0 saturated heterocycles. The fourth-order valence-corrected chi connectivity index (χ4v) is 3.67. The summed E-state index contributed by atoms with van der Waals surface area (Å²) in [7, 11) is 0. The Bertz CT molecular complexity index is 1070. The van der Waals surface area contributed by atoms with Gasteiger partial charge in [0.1, 0.15) is 11.5 Å². The molecular weight excluding hydrogens is 395 g/mol. The van der Waals surface area contributed by atoms with Crippen molar-refractivity contribution in [1.29, 1.82) is 0 Å². The molecule has 4 rings (SSSR count). The molecule has 160 valence electrons. The topological polar surface area (TPSA) is 67.2 Å². The molecule has 2 heterocycles. The third kappa shape index (κ3) is 4.82. The van der Waals surface area contributed by atoms with E-state index in [1.807, 2.05) is 12.1 Å². The van der Waals surface area contributed by atoms with Crippen LogP contribution < -0.4 is 5.32 Å². The summed E-state index contributed by atoms with van der Waals surface area (Å²) in [4.78, 5) is 27.4. The van der Waals surface area contributed by atoms with Crippen molar-refractivity contribution in [3.63, 3.8) is 0 Å². The molecule has 2 aromatic carbocycles. The van der Waals surface area contributed by atoms with E-state index in [-0.39, 0.29) is 23.3 Å². The lowest BCUT2D eigenvalue weighted by Crippen LogP contribution is -2.30. The molecule has 2 amide bonds. The van der Waals surface area contributed by atoms with Gasteiger partial charge in [-0.2, -0.15) is 5.10 Å². The number of hydrogen-bond acceptors (Lipinski definition) is 3. The molecule has 3 aromatic rings. The van der Waals surface area contributed by atoms with Crippen LogP contribution in [0.4, 0.5) is 4.39 Å². The average molecular weight is 420 g/mol. The molecule has 0 saturated carbocycles. The number of fused-ring (bicyclic) bond motifs is 1. The van der Waals surface area contributed by atoms with Crippen molar-refractivity contribution >= 4 is 11.8 Å². The van der Waals surface area contributed by atoms with Gasteiger partial charge >= 0.3 is 0 Å². The zero-order valence-electron chi connectivity index (χ0n) is 17.5. The van der Waals surface area contributed by atoms with Crippen LogP contribution in [-0.4, -0.2) is 33.0 Å². The Morgan fingerprint density at radius 1 is 1.03 bits per heavy atom. The summed E-state index contributed by atoms with van der Waals surface area (Å²) in [6.45, 7) is 4.03. The van der Waals surface area contributed by atoms with E-state index in [0.29, 0.717) is 31.9 Å². The molecular formula is C24H25FN4O2. The molecule has 0 unspecified atom stereocenters. The Labute approximate surface area is 180 Å². The summed E-state index contributed by atoms with van der Waals surface area (Å²) in [5.74, 6) is -0.789. The molecule has 1 aliphatic rings. The van der Waals surface area contributed by atoms with Crippen molar-refractivity contribution < 1.29 is 14.0 Å². The maximum absolute atomic E-state index is 13.2. The lowest BCUT2D eigenvalue weighted by molar-refractivity contribution is 0.0745. The standard InChI is InChI=1S/C24H25FN4O2/c1-2-17-4-6-18(7-5-17)15-26-23(30)21-14-22-24(31)28(12-3-13-29(22)27-21)16-19-8-10-20(25)11-9-19/h4-11,14H,2-3,12-13,15-16H2,1H3,(H,26,30). The van der Waals surface area contributed by atoms with E-state index < -0.39 is 0 Å². The number of nitrogens with zero attached hydrogens (tertiary/aromatic N) is 3. The number of hydrogen-bond donors (Lipinski definition) is 1. The molecule has 1 N–H and O–H groups in total. The number of rotatable bonds is 6. The van der Waals surface area contributed by atoms with Crippen molar-refractivity contribution in [2.75, 3.05) is 6.54 Å². The van der Waals surface area contributed by atoms with Gasteiger partial charge in [-0.1, -0.05) is 43.3 Å². The minimum atomic E-state index is -0.307. The number of amides is 2. The first-order chi connectivity index (χ1) is 15.0. The number of carbonyl (C=O) groups excluding carboxylic acids is 2. The third-order valence-corrected chi connectivity index (χ3v) is 5.49. The SMILES string of the molecule is CCc1ccc(CNC(=O)c2cc3n(n2)CCCN(Cc2ccc(F)cc2)C3=O)cc1. The van der Waals surface area contributed by atoms with Gasteiger partial charge in [0, 0.05) is 32.2 Å². The van der Waals surface area contributed by atoms with Crippen LogP contribution in [0.5, 0.6) is 0 Å². The van der Waals surface area contributed by atoms with E-state index >= 15 is 0 Å². The molecule has 0 atom stereocenters. The predicted octanol–water partition coefficient (Wildman–Crippen LogP) is 3.56. The number of aryl methyl sites for hydroxylation is 2. The molecule has 0 spiro atoms. The van der Waals surface area contributed by atoms with Crippen LogP contribution in [0, 0.1) is 5.82 Å². The van der Waals surface area contributed by atoms with Gasteiger partial charge in [-0.3, -0.25) is 14.3 Å². The normalized spacial score (nSPS) is 13.6. The van der Waals surface area contributed by atoms with Crippen LogP contribution in [0.1, 0.15) is 51.0 Å². The van der Waals surface area contributed by atoms with E-state index in [9.17, 15) is 14.0 Å². The Kier molecular flexibility index (Phi) is 6.11. The number of carbonyl (C=O) groups is 2. The molecule has 0 aliphatic carbocycles. The summed E-state index contributed by atoms with van der Waals surface area (Å²) in [6.07, 6.45) is 1.70. The highest BCUT2D eigenvalue weighted by Crippen LogP contribution is 2.17. The average Bonchev–Trinajstić information content (AvgIpc) is 3.16. The number of aromatic nitrogens is 2. The van der Waals surface area contributed by atoms with Gasteiger partial charge in [0.2, 0.25) is 0 Å². The molecule has 0 bridgehead atoms. The maximum atomic E-state index is 13.2. The second-order valence-corrected chi connectivity index (χ2v) is 7.70. The van der Waals surface area contributed by atoms with Gasteiger partial charge in [-0.05, 0) is 41.7 Å². The predicted molar refractivity (Wildman–Crippen MR) is 115 cm³/mol. The smallest absolute Gasteiger partial charge is 0.272 e. The molecule has 0 radical (unpaired) electrons. The van der Waals surface area contributed by atoms with Crippen molar-refractivity contribution in [3.05, 3.63) is 88.5 Å². The summed E-state index contributed by atoms with van der Waals surface area (Å²) >= 11 is 0. The van der Waals surface area contributed by atoms with E-state index in [4.69, 9.17) is 0 Å². The first-order valence-electron chi connectivity index (χ1n) is 10.5. The monoisotopic (exact) mass is 420 g/mol. The summed E-state index contributed by atoms with van der Waals surface area (Å²) in [6, 6.07) is 15.8. The summed E-state index contributed by atoms with van der Waals surface area (Å²) < 4.78 is 14.8. The van der Waals surface area contributed by atoms with Crippen LogP contribution in [0.3, 0.4) is 0 Å². The van der Waals surface area contributed by atoms with E-state index in [1.165, 1.54) is 17.7 Å². The zero-order valence-corrected chi connectivity index (χ0v) is 17.5. The minimum absolute atomic E-state index is 0.177. The number of halogens is 1. The number of benzene rings is 2. The van der Waals surface area contributed by atoms with Gasteiger partial charge in [0.25, 0.3) is 11.8 Å². The first kappa shape index (κ1) is 20.8. The fraction of sp³-hybridized carbons (Fsp3) is 0.292. The van der Waals surface area contributed by atoms with Crippen molar-refractivity contribution in [3.8, 4) is 0 Å². The molecule has 1 aromatic heterocycles.